The van der Waals surface area contributed by atoms with Gasteiger partial charge in [0, 0.05) is 6.54 Å². The summed E-state index contributed by atoms with van der Waals surface area (Å²) in [7, 11) is -1.50. The second kappa shape index (κ2) is 7.34. The smallest absolute Gasteiger partial charge is 0.488 e. The fraction of sp³-hybridized carbons (Fsp3) is 0.562. The first-order chi connectivity index (χ1) is 10.8. The molecule has 0 radical (unpaired) electrons. The van der Waals surface area contributed by atoms with E-state index >= 15 is 0 Å². The largest absolute Gasteiger partial charge is 0.488 e. The molecule has 1 aromatic rings. The molecule has 1 heterocycles. The molecular weight excluding hydrogens is 297 g/mol. The van der Waals surface area contributed by atoms with Crippen LogP contribution in [0.2, 0.25) is 0 Å². The maximum absolute atomic E-state index is 12.4. The van der Waals surface area contributed by atoms with Crippen molar-refractivity contribution in [2.45, 2.75) is 38.9 Å². The third kappa shape index (κ3) is 5.23. The van der Waals surface area contributed by atoms with E-state index in [2.05, 4.69) is 5.32 Å². The van der Waals surface area contributed by atoms with Gasteiger partial charge >= 0.3 is 13.1 Å². The molecule has 0 aromatic heterocycles. The van der Waals surface area contributed by atoms with Crippen LogP contribution in [0.4, 0.5) is 0 Å². The fourth-order valence-electron chi connectivity index (χ4n) is 2.49. The lowest BCUT2D eigenvalue weighted by atomic mass is 9.80. The van der Waals surface area contributed by atoms with Gasteiger partial charge in [0.2, 0.25) is 0 Å². The third-order valence-corrected chi connectivity index (χ3v) is 3.60. The number of hydrogen-bond donors (Lipinski definition) is 3. The minimum absolute atomic E-state index is 0.244. The van der Waals surface area contributed by atoms with Crippen LogP contribution in [0.1, 0.15) is 27.2 Å². The van der Waals surface area contributed by atoms with E-state index in [0.717, 1.165) is 6.54 Å². The lowest BCUT2D eigenvalue weighted by Crippen LogP contribution is -2.48. The summed E-state index contributed by atoms with van der Waals surface area (Å²) in [6.45, 7) is 6.86. The molecule has 23 heavy (non-hydrogen) atoms. The van der Waals surface area contributed by atoms with Crippen molar-refractivity contribution in [3.05, 3.63) is 24.3 Å². The molecule has 7 heteroatoms. The fourth-order valence-corrected chi connectivity index (χ4v) is 2.49. The van der Waals surface area contributed by atoms with Gasteiger partial charge in [-0.1, -0.05) is 12.1 Å². The zero-order chi connectivity index (χ0) is 17.0. The molecule has 0 spiro atoms. The Bertz CT molecular complexity index is 526. The van der Waals surface area contributed by atoms with Crippen LogP contribution in [0.5, 0.6) is 5.75 Å². The Morgan fingerprint density at radius 3 is 2.48 bits per heavy atom. The van der Waals surface area contributed by atoms with Gasteiger partial charge in [-0.05, 0) is 51.3 Å². The first-order valence-corrected chi connectivity index (χ1v) is 7.82. The first-order valence-electron chi connectivity index (χ1n) is 7.82. The Hall–Kier alpha value is -1.57. The Labute approximate surface area is 136 Å². The summed E-state index contributed by atoms with van der Waals surface area (Å²) in [4.78, 5) is 12.4. The third-order valence-electron chi connectivity index (χ3n) is 3.60. The van der Waals surface area contributed by atoms with Crippen LogP contribution in [0.25, 0.3) is 0 Å². The van der Waals surface area contributed by atoms with E-state index in [1.807, 2.05) is 20.8 Å². The number of piperidine rings is 1. The molecule has 6 nitrogen and oxygen atoms in total. The quantitative estimate of drug-likeness (QED) is 0.537. The minimum Gasteiger partial charge on any atom is -0.488 e. The van der Waals surface area contributed by atoms with Crippen molar-refractivity contribution in [1.82, 2.24) is 5.32 Å². The highest BCUT2D eigenvalue weighted by Gasteiger charge is 2.35. The molecule has 1 aliphatic rings. The summed E-state index contributed by atoms with van der Waals surface area (Å²) in [6.07, 6.45) is 0.344. The molecule has 1 aliphatic heterocycles. The highest BCUT2D eigenvalue weighted by atomic mass is 16.6. The predicted molar refractivity (Wildman–Crippen MR) is 87.5 cm³/mol. The monoisotopic (exact) mass is 321 g/mol. The van der Waals surface area contributed by atoms with E-state index in [1.165, 1.54) is 0 Å². The molecule has 0 bridgehead atoms. The number of carbonyl (C=O) groups excluding carboxylic acids is 1. The molecular formula is C16H24BNO5. The van der Waals surface area contributed by atoms with Crippen molar-refractivity contribution in [2.24, 2.45) is 5.92 Å². The highest BCUT2D eigenvalue weighted by Crippen LogP contribution is 2.23. The summed E-state index contributed by atoms with van der Waals surface area (Å²) >= 11 is 0. The van der Waals surface area contributed by atoms with Crippen molar-refractivity contribution in [3.8, 4) is 5.75 Å². The van der Waals surface area contributed by atoms with Crippen molar-refractivity contribution in [3.63, 3.8) is 0 Å². The number of hydrogen-bond acceptors (Lipinski definition) is 6. The molecule has 1 fully saturated rings. The molecule has 0 aliphatic carbocycles. The van der Waals surface area contributed by atoms with Gasteiger partial charge in [0.1, 0.15) is 17.5 Å². The van der Waals surface area contributed by atoms with E-state index in [4.69, 9.17) is 19.5 Å². The Balaban J connectivity index is 2.04. The second-order valence-electron chi connectivity index (χ2n) is 6.73. The molecule has 126 valence electrons. The number of nitrogens with one attached hydrogen (secondary N) is 1. The van der Waals surface area contributed by atoms with Crippen LogP contribution in [0, 0.1) is 5.92 Å². The molecule has 0 amide bonds. The number of rotatable bonds is 4. The van der Waals surface area contributed by atoms with E-state index < -0.39 is 12.7 Å². The normalized spacial score (nSPS) is 21.6. The summed E-state index contributed by atoms with van der Waals surface area (Å²) in [6, 6.07) is 6.49. The van der Waals surface area contributed by atoms with Crippen molar-refractivity contribution < 1.29 is 24.3 Å². The van der Waals surface area contributed by atoms with E-state index in [0.29, 0.717) is 24.2 Å². The Morgan fingerprint density at radius 2 is 1.91 bits per heavy atom. The maximum atomic E-state index is 12.4. The van der Waals surface area contributed by atoms with Gasteiger partial charge in [-0.15, -0.1) is 0 Å². The summed E-state index contributed by atoms with van der Waals surface area (Å²) in [5, 5.41) is 21.4. The first kappa shape index (κ1) is 17.8. The van der Waals surface area contributed by atoms with E-state index in [1.54, 1.807) is 24.3 Å². The van der Waals surface area contributed by atoms with Gasteiger partial charge < -0.3 is 24.8 Å². The zero-order valence-electron chi connectivity index (χ0n) is 13.8. The van der Waals surface area contributed by atoms with Crippen LogP contribution >= 0.6 is 0 Å². The van der Waals surface area contributed by atoms with Crippen molar-refractivity contribution in [1.29, 1.82) is 0 Å². The standard InChI is InChI=1S/C16H24BNO5/c1-16(2,3)23-15(19)13-8-9-18-10-14(13)22-12-6-4-11(5-7-12)17(20)21/h4-7,13-14,18,20-21H,8-10H2,1-3H3. The number of esters is 1. The molecule has 1 aromatic carbocycles. The average molecular weight is 321 g/mol. The molecule has 2 rings (SSSR count). The second-order valence-corrected chi connectivity index (χ2v) is 6.73. The maximum Gasteiger partial charge on any atom is 0.488 e. The van der Waals surface area contributed by atoms with Gasteiger partial charge in [0.15, 0.2) is 0 Å². The lowest BCUT2D eigenvalue weighted by molar-refractivity contribution is -0.164. The zero-order valence-corrected chi connectivity index (χ0v) is 13.8. The van der Waals surface area contributed by atoms with Gasteiger partial charge in [0.05, 0.1) is 5.92 Å². The van der Waals surface area contributed by atoms with Gasteiger partial charge in [-0.25, -0.2) is 0 Å². The highest BCUT2D eigenvalue weighted by molar-refractivity contribution is 6.58. The van der Waals surface area contributed by atoms with Crippen LogP contribution in [-0.4, -0.2) is 47.9 Å². The van der Waals surface area contributed by atoms with Crippen molar-refractivity contribution >= 4 is 18.6 Å². The number of benzene rings is 1. The van der Waals surface area contributed by atoms with Crippen LogP contribution in [-0.2, 0) is 9.53 Å². The van der Waals surface area contributed by atoms with Crippen LogP contribution in [0.15, 0.2) is 24.3 Å². The van der Waals surface area contributed by atoms with Crippen molar-refractivity contribution in [2.75, 3.05) is 13.1 Å². The topological polar surface area (TPSA) is 88.0 Å². The lowest BCUT2D eigenvalue weighted by Gasteiger charge is -2.33. The van der Waals surface area contributed by atoms with Gasteiger partial charge in [-0.2, -0.15) is 0 Å². The van der Waals surface area contributed by atoms with E-state index in [9.17, 15) is 4.79 Å². The molecule has 1 saturated heterocycles. The average Bonchev–Trinajstić information content (AvgIpc) is 2.46. The SMILES string of the molecule is CC(C)(C)OC(=O)C1CCNCC1Oc1ccc(B(O)O)cc1. The predicted octanol–water partition coefficient (Wildman–Crippen LogP) is 0.0650. The Morgan fingerprint density at radius 1 is 1.26 bits per heavy atom. The van der Waals surface area contributed by atoms with E-state index in [-0.39, 0.29) is 18.0 Å². The molecule has 2 atom stereocenters. The van der Waals surface area contributed by atoms with Gasteiger partial charge in [0.25, 0.3) is 0 Å². The minimum atomic E-state index is -1.50. The number of carbonyl (C=O) groups is 1. The Kier molecular flexibility index (Phi) is 5.67. The summed E-state index contributed by atoms with van der Waals surface area (Å²) in [5.41, 5.74) is -0.131. The molecule has 2 unspecified atom stereocenters. The van der Waals surface area contributed by atoms with Crippen LogP contribution in [0.3, 0.4) is 0 Å². The molecule has 0 saturated carbocycles. The van der Waals surface area contributed by atoms with Gasteiger partial charge in [-0.3, -0.25) is 4.79 Å². The van der Waals surface area contributed by atoms with Crippen LogP contribution < -0.4 is 15.5 Å². The number of ether oxygens (including phenoxy) is 2. The molecule has 3 N–H and O–H groups in total. The summed E-state index contributed by atoms with van der Waals surface area (Å²) < 4.78 is 11.4. The summed E-state index contributed by atoms with van der Waals surface area (Å²) in [5.74, 6) is 0.0154.